The quantitative estimate of drug-likeness (QED) is 0.809. The molecule has 1 aliphatic heterocycles. The molecule has 0 saturated carbocycles. The van der Waals surface area contributed by atoms with Gasteiger partial charge in [0.2, 0.25) is 0 Å². The van der Waals surface area contributed by atoms with Crippen molar-refractivity contribution in [2.24, 2.45) is 17.3 Å². The first-order valence-corrected chi connectivity index (χ1v) is 7.86. The number of hydrogen-bond donors (Lipinski definition) is 1. The Morgan fingerprint density at radius 2 is 1.94 bits per heavy atom. The van der Waals surface area contributed by atoms with Gasteiger partial charge in [-0.3, -0.25) is 0 Å². The largest absolute Gasteiger partial charge is 0.317 e. The number of rotatable bonds is 5. The fourth-order valence-electron chi connectivity index (χ4n) is 3.10. The first-order valence-electron chi connectivity index (χ1n) is 7.86. The second-order valence-electron chi connectivity index (χ2n) is 7.21. The van der Waals surface area contributed by atoms with Crippen LogP contribution in [0.4, 0.5) is 0 Å². The van der Waals surface area contributed by atoms with E-state index in [0.717, 1.165) is 24.9 Å². The maximum absolute atomic E-state index is 3.46. The van der Waals surface area contributed by atoms with Crippen molar-refractivity contribution in [3.8, 4) is 0 Å². The van der Waals surface area contributed by atoms with Crippen LogP contribution in [0.5, 0.6) is 0 Å². The molecule has 108 valence electrons. The van der Waals surface area contributed by atoms with Crippen LogP contribution in [0.15, 0.2) is 0 Å². The Morgan fingerprint density at radius 1 is 1.22 bits per heavy atom. The predicted octanol–water partition coefficient (Wildman–Crippen LogP) is 3.38. The van der Waals surface area contributed by atoms with Crippen molar-refractivity contribution in [1.82, 2.24) is 10.2 Å². The van der Waals surface area contributed by atoms with Gasteiger partial charge >= 0.3 is 0 Å². The minimum Gasteiger partial charge on any atom is -0.317 e. The highest BCUT2D eigenvalue weighted by atomic mass is 15.1. The zero-order valence-electron chi connectivity index (χ0n) is 13.3. The van der Waals surface area contributed by atoms with E-state index in [1.54, 1.807) is 0 Å². The average Bonchev–Trinajstić information content (AvgIpc) is 2.51. The third-order valence-corrected chi connectivity index (χ3v) is 4.36. The van der Waals surface area contributed by atoms with Gasteiger partial charge in [0.05, 0.1) is 0 Å². The van der Waals surface area contributed by atoms with E-state index in [2.05, 4.69) is 44.8 Å². The number of hydrogen-bond acceptors (Lipinski definition) is 2. The Hall–Kier alpha value is -0.0800. The SMILES string of the molecule is CCNCC(C)CN1CCCC(C(C)(C)C)CC1. The standard InChI is InChI=1S/C16H34N2/c1-6-17-12-14(2)13-18-10-7-8-15(9-11-18)16(3,4)5/h14-15,17H,6-13H2,1-5H3. The average molecular weight is 254 g/mol. The molecule has 1 heterocycles. The molecule has 0 aromatic carbocycles. The highest BCUT2D eigenvalue weighted by Gasteiger charge is 2.27. The van der Waals surface area contributed by atoms with E-state index >= 15 is 0 Å². The summed E-state index contributed by atoms with van der Waals surface area (Å²) in [6, 6.07) is 0. The highest BCUT2D eigenvalue weighted by Crippen LogP contribution is 2.34. The van der Waals surface area contributed by atoms with Crippen LogP contribution >= 0.6 is 0 Å². The molecule has 0 aromatic rings. The molecule has 2 heteroatoms. The van der Waals surface area contributed by atoms with Gasteiger partial charge < -0.3 is 10.2 Å². The number of likely N-dealkylation sites (tertiary alicyclic amines) is 1. The predicted molar refractivity (Wildman–Crippen MR) is 80.9 cm³/mol. The van der Waals surface area contributed by atoms with Gasteiger partial charge in [0.15, 0.2) is 0 Å². The minimum absolute atomic E-state index is 0.491. The van der Waals surface area contributed by atoms with E-state index in [1.165, 1.54) is 38.9 Å². The van der Waals surface area contributed by atoms with E-state index in [-0.39, 0.29) is 0 Å². The van der Waals surface area contributed by atoms with Crippen LogP contribution < -0.4 is 5.32 Å². The lowest BCUT2D eigenvalue weighted by Gasteiger charge is -2.30. The smallest absolute Gasteiger partial charge is 0.00191 e. The Labute approximate surface area is 115 Å². The zero-order valence-corrected chi connectivity index (χ0v) is 13.3. The molecule has 2 unspecified atom stereocenters. The van der Waals surface area contributed by atoms with Gasteiger partial charge in [0.25, 0.3) is 0 Å². The normalized spacial score (nSPS) is 24.8. The lowest BCUT2D eigenvalue weighted by atomic mass is 9.77. The van der Waals surface area contributed by atoms with Gasteiger partial charge in [0.1, 0.15) is 0 Å². The van der Waals surface area contributed by atoms with Gasteiger partial charge in [-0.05, 0) is 62.7 Å². The van der Waals surface area contributed by atoms with Crippen molar-refractivity contribution in [2.45, 2.75) is 53.9 Å². The Balaban J connectivity index is 2.33. The summed E-state index contributed by atoms with van der Waals surface area (Å²) in [5, 5.41) is 3.46. The van der Waals surface area contributed by atoms with E-state index < -0.39 is 0 Å². The van der Waals surface area contributed by atoms with Gasteiger partial charge in [-0.2, -0.15) is 0 Å². The second-order valence-corrected chi connectivity index (χ2v) is 7.21. The fourth-order valence-corrected chi connectivity index (χ4v) is 3.10. The summed E-state index contributed by atoms with van der Waals surface area (Å²) >= 11 is 0. The molecule has 1 N–H and O–H groups in total. The molecule has 1 saturated heterocycles. The molecule has 0 bridgehead atoms. The second kappa shape index (κ2) is 7.49. The Bertz CT molecular complexity index is 220. The van der Waals surface area contributed by atoms with Crippen molar-refractivity contribution >= 4 is 0 Å². The number of nitrogens with one attached hydrogen (secondary N) is 1. The van der Waals surface area contributed by atoms with Crippen molar-refractivity contribution in [3.63, 3.8) is 0 Å². The lowest BCUT2D eigenvalue weighted by Crippen LogP contribution is -2.34. The molecule has 0 aliphatic carbocycles. The van der Waals surface area contributed by atoms with Crippen molar-refractivity contribution in [1.29, 1.82) is 0 Å². The summed E-state index contributed by atoms with van der Waals surface area (Å²) in [4.78, 5) is 2.69. The lowest BCUT2D eigenvalue weighted by molar-refractivity contribution is 0.201. The topological polar surface area (TPSA) is 15.3 Å². The van der Waals surface area contributed by atoms with Crippen LogP contribution in [-0.4, -0.2) is 37.6 Å². The van der Waals surface area contributed by atoms with Crippen molar-refractivity contribution in [2.75, 3.05) is 32.7 Å². The molecule has 2 nitrogen and oxygen atoms in total. The molecule has 2 atom stereocenters. The first-order chi connectivity index (χ1) is 8.43. The molecule has 18 heavy (non-hydrogen) atoms. The van der Waals surface area contributed by atoms with Gasteiger partial charge in [-0.1, -0.05) is 34.6 Å². The molecule has 0 aromatic heterocycles. The molecule has 1 aliphatic rings. The van der Waals surface area contributed by atoms with Crippen LogP contribution in [0.2, 0.25) is 0 Å². The monoisotopic (exact) mass is 254 g/mol. The Morgan fingerprint density at radius 3 is 2.56 bits per heavy atom. The molecule has 0 spiro atoms. The summed E-state index contributed by atoms with van der Waals surface area (Å²) in [6.07, 6.45) is 4.19. The minimum atomic E-state index is 0.491. The summed E-state index contributed by atoms with van der Waals surface area (Å²) in [7, 11) is 0. The first kappa shape index (κ1) is 16.0. The Kier molecular flexibility index (Phi) is 6.65. The molecule has 0 radical (unpaired) electrons. The van der Waals surface area contributed by atoms with Crippen molar-refractivity contribution < 1.29 is 0 Å². The molecular weight excluding hydrogens is 220 g/mol. The van der Waals surface area contributed by atoms with Crippen molar-refractivity contribution in [3.05, 3.63) is 0 Å². The van der Waals surface area contributed by atoms with E-state index in [4.69, 9.17) is 0 Å². The summed E-state index contributed by atoms with van der Waals surface area (Å²) < 4.78 is 0. The van der Waals surface area contributed by atoms with E-state index in [9.17, 15) is 0 Å². The summed E-state index contributed by atoms with van der Waals surface area (Å²) in [5.74, 6) is 1.68. The van der Waals surface area contributed by atoms with Crippen LogP contribution in [-0.2, 0) is 0 Å². The zero-order chi connectivity index (χ0) is 13.6. The van der Waals surface area contributed by atoms with Crippen LogP contribution in [0, 0.1) is 17.3 Å². The molecule has 0 amide bonds. The van der Waals surface area contributed by atoms with E-state index in [0.29, 0.717) is 5.41 Å². The van der Waals surface area contributed by atoms with Gasteiger partial charge in [0, 0.05) is 6.54 Å². The highest BCUT2D eigenvalue weighted by molar-refractivity contribution is 4.79. The van der Waals surface area contributed by atoms with Crippen LogP contribution in [0.1, 0.15) is 53.9 Å². The third-order valence-electron chi connectivity index (χ3n) is 4.36. The molecule has 1 rings (SSSR count). The fraction of sp³-hybridized carbons (Fsp3) is 1.00. The molecule has 1 fully saturated rings. The summed E-state index contributed by atoms with van der Waals surface area (Å²) in [5.41, 5.74) is 0.491. The van der Waals surface area contributed by atoms with Gasteiger partial charge in [-0.15, -0.1) is 0 Å². The van der Waals surface area contributed by atoms with Crippen LogP contribution in [0.3, 0.4) is 0 Å². The number of nitrogens with zero attached hydrogens (tertiary/aromatic N) is 1. The maximum Gasteiger partial charge on any atom is 0.00191 e. The van der Waals surface area contributed by atoms with Crippen LogP contribution in [0.25, 0.3) is 0 Å². The summed E-state index contributed by atoms with van der Waals surface area (Å²) in [6.45, 7) is 17.9. The van der Waals surface area contributed by atoms with E-state index in [1.807, 2.05) is 0 Å². The third kappa shape index (κ3) is 5.71. The molecular formula is C16H34N2. The van der Waals surface area contributed by atoms with Gasteiger partial charge in [-0.25, -0.2) is 0 Å². The maximum atomic E-state index is 3.46.